The van der Waals surface area contributed by atoms with E-state index in [-0.39, 0.29) is 18.3 Å². The van der Waals surface area contributed by atoms with Crippen molar-refractivity contribution in [3.63, 3.8) is 0 Å². The summed E-state index contributed by atoms with van der Waals surface area (Å²) in [5.41, 5.74) is -0.0402. The molecule has 8 heteroatoms. The maximum absolute atomic E-state index is 12.2. The van der Waals surface area contributed by atoms with Gasteiger partial charge < -0.3 is 20.6 Å². The predicted octanol–water partition coefficient (Wildman–Crippen LogP) is 1.68. The van der Waals surface area contributed by atoms with Crippen LogP contribution in [0.5, 0.6) is 0 Å². The van der Waals surface area contributed by atoms with E-state index < -0.39 is 11.1 Å². The summed E-state index contributed by atoms with van der Waals surface area (Å²) in [5, 5.41) is 6.39. The quantitative estimate of drug-likeness (QED) is 0.359. The van der Waals surface area contributed by atoms with Crippen molar-refractivity contribution >= 4 is 29.3 Å². The first-order valence-electron chi connectivity index (χ1n) is 8.91. The molecular formula is C18H25ClN4O3. The van der Waals surface area contributed by atoms with Crippen LogP contribution < -0.4 is 21.8 Å². The lowest BCUT2D eigenvalue weighted by Gasteiger charge is -2.16. The molecule has 0 aliphatic heterocycles. The molecule has 0 saturated heterocycles. The fraction of sp³-hybridized carbons (Fsp3) is 0.500. The standard InChI is InChI=1S/C18H24N4O3.ClH/c23-16(20-10-9-19-13-5-3-1-2-4-6-13)12-7-8-14-15(11-12)22-18(25)17(24)21-14;/h7-8,11,13,19H,1-6,9-10H2,(H,20,23)(H,21,24)(H,22,25);1H. The van der Waals surface area contributed by atoms with Crippen LogP contribution >= 0.6 is 12.4 Å². The number of aromatic nitrogens is 2. The molecule has 142 valence electrons. The number of carbonyl (C=O) groups is 1. The number of halogens is 1. The van der Waals surface area contributed by atoms with E-state index in [9.17, 15) is 14.4 Å². The Kier molecular flexibility index (Phi) is 7.41. The Balaban J connectivity index is 0.00000243. The van der Waals surface area contributed by atoms with Crippen molar-refractivity contribution < 1.29 is 4.79 Å². The van der Waals surface area contributed by atoms with Crippen LogP contribution in [0.15, 0.2) is 27.8 Å². The van der Waals surface area contributed by atoms with Crippen molar-refractivity contribution in [1.29, 1.82) is 0 Å². The Morgan fingerprint density at radius 3 is 2.31 bits per heavy atom. The van der Waals surface area contributed by atoms with Gasteiger partial charge in [-0.25, -0.2) is 0 Å². The normalized spacial score (nSPS) is 15.2. The van der Waals surface area contributed by atoms with Crippen molar-refractivity contribution in [3.05, 3.63) is 44.5 Å². The van der Waals surface area contributed by atoms with Crippen LogP contribution in [0.2, 0.25) is 0 Å². The number of rotatable bonds is 5. The number of carbonyl (C=O) groups excluding carboxylic acids is 1. The average molecular weight is 381 g/mol. The third-order valence-corrected chi connectivity index (χ3v) is 4.68. The lowest BCUT2D eigenvalue weighted by atomic mass is 10.1. The number of amides is 1. The van der Waals surface area contributed by atoms with E-state index >= 15 is 0 Å². The third kappa shape index (κ3) is 5.19. The van der Waals surface area contributed by atoms with Gasteiger partial charge in [0.05, 0.1) is 11.0 Å². The highest BCUT2D eigenvalue weighted by molar-refractivity contribution is 5.97. The Bertz CT molecular complexity index is 853. The van der Waals surface area contributed by atoms with E-state index in [0.717, 1.165) is 6.54 Å². The molecule has 1 saturated carbocycles. The third-order valence-electron chi connectivity index (χ3n) is 4.68. The van der Waals surface area contributed by atoms with Crippen LogP contribution in [0.1, 0.15) is 48.9 Å². The first-order chi connectivity index (χ1) is 12.1. The zero-order valence-electron chi connectivity index (χ0n) is 14.6. The Morgan fingerprint density at radius 1 is 0.962 bits per heavy atom. The van der Waals surface area contributed by atoms with Gasteiger partial charge in [0.15, 0.2) is 0 Å². The molecule has 1 amide bonds. The number of nitrogens with one attached hydrogen (secondary N) is 4. The number of hydrogen-bond acceptors (Lipinski definition) is 4. The van der Waals surface area contributed by atoms with Gasteiger partial charge in [-0.05, 0) is 31.0 Å². The molecule has 26 heavy (non-hydrogen) atoms. The molecule has 1 aromatic carbocycles. The van der Waals surface area contributed by atoms with E-state index in [1.165, 1.54) is 38.5 Å². The molecule has 0 atom stereocenters. The summed E-state index contributed by atoms with van der Waals surface area (Å²) in [4.78, 5) is 39.9. The van der Waals surface area contributed by atoms with Gasteiger partial charge in [0, 0.05) is 24.7 Å². The van der Waals surface area contributed by atoms with Gasteiger partial charge >= 0.3 is 11.1 Å². The minimum atomic E-state index is -0.724. The second-order valence-corrected chi connectivity index (χ2v) is 6.57. The number of hydrogen-bond donors (Lipinski definition) is 4. The van der Waals surface area contributed by atoms with Gasteiger partial charge in [0.2, 0.25) is 0 Å². The van der Waals surface area contributed by atoms with E-state index in [1.54, 1.807) is 18.2 Å². The summed E-state index contributed by atoms with van der Waals surface area (Å²) >= 11 is 0. The van der Waals surface area contributed by atoms with Crippen molar-refractivity contribution in [2.24, 2.45) is 0 Å². The number of benzene rings is 1. The molecule has 2 aromatic rings. The van der Waals surface area contributed by atoms with Crippen LogP contribution in [-0.4, -0.2) is 35.0 Å². The highest BCUT2D eigenvalue weighted by Gasteiger charge is 2.11. The monoisotopic (exact) mass is 380 g/mol. The summed E-state index contributed by atoms with van der Waals surface area (Å²) in [6.45, 7) is 1.30. The summed E-state index contributed by atoms with van der Waals surface area (Å²) in [6.07, 6.45) is 7.63. The van der Waals surface area contributed by atoms with Gasteiger partial charge in [-0.15, -0.1) is 12.4 Å². The molecule has 4 N–H and O–H groups in total. The smallest absolute Gasteiger partial charge is 0.314 e. The van der Waals surface area contributed by atoms with Crippen LogP contribution in [0.4, 0.5) is 0 Å². The summed E-state index contributed by atoms with van der Waals surface area (Å²) in [5.74, 6) is -0.198. The SMILES string of the molecule is Cl.O=C(NCCNC1CCCCCC1)c1ccc2[nH]c(=O)c(=O)[nH]c2c1. The minimum absolute atomic E-state index is 0. The molecule has 1 aliphatic carbocycles. The molecular weight excluding hydrogens is 356 g/mol. The van der Waals surface area contributed by atoms with Gasteiger partial charge in [0.1, 0.15) is 0 Å². The number of H-pyrrole nitrogens is 2. The molecule has 0 unspecified atom stereocenters. The summed E-state index contributed by atoms with van der Waals surface area (Å²) < 4.78 is 0. The maximum atomic E-state index is 12.2. The molecule has 0 radical (unpaired) electrons. The van der Waals surface area contributed by atoms with E-state index in [0.29, 0.717) is 29.2 Å². The molecule has 1 aliphatic rings. The first kappa shape index (κ1) is 20.2. The predicted molar refractivity (Wildman–Crippen MR) is 104 cm³/mol. The lowest BCUT2D eigenvalue weighted by Crippen LogP contribution is -2.36. The number of fused-ring (bicyclic) bond motifs is 1. The molecule has 7 nitrogen and oxygen atoms in total. The van der Waals surface area contributed by atoms with E-state index in [1.807, 2.05) is 0 Å². The van der Waals surface area contributed by atoms with Gasteiger partial charge in [-0.3, -0.25) is 14.4 Å². The lowest BCUT2D eigenvalue weighted by molar-refractivity contribution is 0.0953. The molecule has 3 rings (SSSR count). The molecule has 1 aromatic heterocycles. The topological polar surface area (TPSA) is 107 Å². The summed E-state index contributed by atoms with van der Waals surface area (Å²) in [7, 11) is 0. The first-order valence-corrected chi connectivity index (χ1v) is 8.91. The average Bonchev–Trinajstić information content (AvgIpc) is 2.88. The van der Waals surface area contributed by atoms with Crippen molar-refractivity contribution in [2.45, 2.75) is 44.6 Å². The fourth-order valence-corrected chi connectivity index (χ4v) is 3.29. The van der Waals surface area contributed by atoms with Gasteiger partial charge in [-0.1, -0.05) is 25.7 Å². The second kappa shape index (κ2) is 9.54. The Morgan fingerprint density at radius 2 is 1.62 bits per heavy atom. The fourth-order valence-electron chi connectivity index (χ4n) is 3.29. The summed E-state index contributed by atoms with van der Waals surface area (Å²) in [6, 6.07) is 5.37. The van der Waals surface area contributed by atoms with Gasteiger partial charge in [0.25, 0.3) is 5.91 Å². The van der Waals surface area contributed by atoms with Crippen molar-refractivity contribution in [3.8, 4) is 0 Å². The highest BCUT2D eigenvalue weighted by Crippen LogP contribution is 2.16. The molecule has 0 bridgehead atoms. The Labute approximate surface area is 157 Å². The minimum Gasteiger partial charge on any atom is -0.351 e. The zero-order chi connectivity index (χ0) is 17.6. The maximum Gasteiger partial charge on any atom is 0.314 e. The molecule has 1 heterocycles. The van der Waals surface area contributed by atoms with Crippen molar-refractivity contribution in [2.75, 3.05) is 13.1 Å². The molecule has 1 fully saturated rings. The molecule has 0 spiro atoms. The highest BCUT2D eigenvalue weighted by atomic mass is 35.5. The second-order valence-electron chi connectivity index (χ2n) is 6.57. The van der Waals surface area contributed by atoms with Crippen LogP contribution in [0.25, 0.3) is 11.0 Å². The van der Waals surface area contributed by atoms with Gasteiger partial charge in [-0.2, -0.15) is 0 Å². The van der Waals surface area contributed by atoms with Crippen LogP contribution in [-0.2, 0) is 0 Å². The largest absolute Gasteiger partial charge is 0.351 e. The van der Waals surface area contributed by atoms with Crippen LogP contribution in [0, 0.1) is 0 Å². The van der Waals surface area contributed by atoms with E-state index in [2.05, 4.69) is 20.6 Å². The van der Waals surface area contributed by atoms with Crippen LogP contribution in [0.3, 0.4) is 0 Å². The zero-order valence-corrected chi connectivity index (χ0v) is 15.4. The Hall–Kier alpha value is -2.12. The van der Waals surface area contributed by atoms with Crippen molar-refractivity contribution in [1.82, 2.24) is 20.6 Å². The van der Waals surface area contributed by atoms with E-state index in [4.69, 9.17) is 0 Å². The number of aromatic amines is 2.